The van der Waals surface area contributed by atoms with Crippen molar-refractivity contribution >= 4 is 0 Å². The lowest BCUT2D eigenvalue weighted by Crippen LogP contribution is -2.39. The minimum absolute atomic E-state index is 0.651. The lowest BCUT2D eigenvalue weighted by molar-refractivity contribution is 0.289. The highest BCUT2D eigenvalue weighted by atomic mass is 16.5. The molecule has 2 nitrogen and oxygen atoms in total. The van der Waals surface area contributed by atoms with Crippen molar-refractivity contribution in [1.82, 2.24) is 5.32 Å². The number of methoxy groups -OCH3 is 1. The van der Waals surface area contributed by atoms with Crippen molar-refractivity contribution in [3.05, 3.63) is 65.2 Å². The smallest absolute Gasteiger partial charge is 0.118 e. The van der Waals surface area contributed by atoms with E-state index in [-0.39, 0.29) is 0 Å². The largest absolute Gasteiger partial charge is 0.497 e. The van der Waals surface area contributed by atoms with E-state index in [4.69, 9.17) is 4.74 Å². The van der Waals surface area contributed by atoms with Gasteiger partial charge in [-0.1, -0.05) is 42.0 Å². The fraction of sp³-hybridized carbons (Fsp3) is 0.368. The van der Waals surface area contributed by atoms with Crippen molar-refractivity contribution in [2.24, 2.45) is 0 Å². The minimum atomic E-state index is 0.651. The highest BCUT2D eigenvalue weighted by Gasteiger charge is 2.29. The summed E-state index contributed by atoms with van der Waals surface area (Å²) in [5.41, 5.74) is 4.18. The Kier molecular flexibility index (Phi) is 4.26. The van der Waals surface area contributed by atoms with E-state index in [0.29, 0.717) is 6.04 Å². The first-order chi connectivity index (χ1) is 10.2. The van der Waals surface area contributed by atoms with E-state index < -0.39 is 0 Å². The second-order valence-electron chi connectivity index (χ2n) is 6.01. The van der Waals surface area contributed by atoms with Crippen LogP contribution in [0.2, 0.25) is 0 Å². The molecule has 1 aliphatic carbocycles. The molecule has 1 aliphatic rings. The summed E-state index contributed by atoms with van der Waals surface area (Å²) in [7, 11) is 1.70. The zero-order chi connectivity index (χ0) is 14.7. The Balaban J connectivity index is 1.46. The van der Waals surface area contributed by atoms with Crippen molar-refractivity contribution in [3.63, 3.8) is 0 Å². The Hall–Kier alpha value is -1.80. The predicted molar refractivity (Wildman–Crippen MR) is 86.8 cm³/mol. The fourth-order valence-electron chi connectivity index (χ4n) is 2.99. The maximum atomic E-state index is 5.18. The molecule has 3 rings (SSSR count). The summed E-state index contributed by atoms with van der Waals surface area (Å²) in [6.45, 7) is 3.11. The molecule has 1 saturated carbocycles. The third-order valence-corrected chi connectivity index (χ3v) is 4.41. The molecule has 1 N–H and O–H groups in total. The van der Waals surface area contributed by atoms with E-state index in [0.717, 1.165) is 18.2 Å². The molecule has 0 unspecified atom stereocenters. The number of benzene rings is 2. The molecule has 2 heteroatoms. The molecular weight excluding hydrogens is 258 g/mol. The van der Waals surface area contributed by atoms with Crippen molar-refractivity contribution in [3.8, 4) is 5.75 Å². The summed E-state index contributed by atoms with van der Waals surface area (Å²) in [5, 5.41) is 3.65. The van der Waals surface area contributed by atoms with Crippen LogP contribution in [-0.4, -0.2) is 13.2 Å². The number of ether oxygens (including phenoxy) is 1. The molecule has 0 aliphatic heterocycles. The van der Waals surface area contributed by atoms with Gasteiger partial charge < -0.3 is 10.1 Å². The molecule has 1 fully saturated rings. The van der Waals surface area contributed by atoms with E-state index in [2.05, 4.69) is 48.6 Å². The van der Waals surface area contributed by atoms with Gasteiger partial charge in [0, 0.05) is 12.6 Å². The molecular formula is C19H23NO. The van der Waals surface area contributed by atoms with Crippen LogP contribution in [0, 0.1) is 6.92 Å². The Morgan fingerprint density at radius 2 is 1.86 bits per heavy atom. The summed E-state index contributed by atoms with van der Waals surface area (Å²) in [5.74, 6) is 1.65. The molecule has 110 valence electrons. The van der Waals surface area contributed by atoms with Crippen LogP contribution >= 0.6 is 0 Å². The van der Waals surface area contributed by atoms with Gasteiger partial charge in [0.2, 0.25) is 0 Å². The molecule has 0 bridgehead atoms. The topological polar surface area (TPSA) is 21.3 Å². The van der Waals surface area contributed by atoms with E-state index in [1.165, 1.54) is 29.5 Å². The Labute approximate surface area is 127 Å². The zero-order valence-electron chi connectivity index (χ0n) is 12.8. The molecule has 0 saturated heterocycles. The molecule has 0 spiro atoms. The van der Waals surface area contributed by atoms with Gasteiger partial charge in [-0.25, -0.2) is 0 Å². The average molecular weight is 281 g/mol. The third kappa shape index (κ3) is 3.45. The maximum absolute atomic E-state index is 5.18. The van der Waals surface area contributed by atoms with Crippen LogP contribution in [0.4, 0.5) is 0 Å². The zero-order valence-corrected chi connectivity index (χ0v) is 12.8. The first-order valence-electron chi connectivity index (χ1n) is 7.67. The van der Waals surface area contributed by atoms with Crippen molar-refractivity contribution < 1.29 is 4.74 Å². The van der Waals surface area contributed by atoms with Gasteiger partial charge in [-0.05, 0) is 48.9 Å². The highest BCUT2D eigenvalue weighted by molar-refractivity contribution is 5.29. The van der Waals surface area contributed by atoms with Crippen molar-refractivity contribution in [2.45, 2.75) is 38.3 Å². The van der Waals surface area contributed by atoms with Gasteiger partial charge in [0.05, 0.1) is 7.11 Å². The standard InChI is InChI=1S/C19H23NO/c1-14-4-3-5-16(10-14)17-11-18(12-17)20-13-15-6-8-19(21-2)9-7-15/h3-10,17-18,20H,11-13H2,1-2H3. The van der Waals surface area contributed by atoms with E-state index in [1.54, 1.807) is 7.11 Å². The summed E-state index contributed by atoms with van der Waals surface area (Å²) >= 11 is 0. The number of hydrogen-bond acceptors (Lipinski definition) is 2. The van der Waals surface area contributed by atoms with Gasteiger partial charge in [0.1, 0.15) is 5.75 Å². The van der Waals surface area contributed by atoms with Crippen LogP contribution in [0.1, 0.15) is 35.4 Å². The maximum Gasteiger partial charge on any atom is 0.118 e. The number of rotatable bonds is 5. The van der Waals surface area contributed by atoms with E-state index >= 15 is 0 Å². The summed E-state index contributed by atoms with van der Waals surface area (Å²) in [6, 6.07) is 17.9. The molecule has 0 heterocycles. The number of aryl methyl sites for hydroxylation is 1. The van der Waals surface area contributed by atoms with Gasteiger partial charge in [-0.3, -0.25) is 0 Å². The number of hydrogen-bond donors (Lipinski definition) is 1. The van der Waals surface area contributed by atoms with Crippen LogP contribution in [0.15, 0.2) is 48.5 Å². The van der Waals surface area contributed by atoms with Crippen LogP contribution < -0.4 is 10.1 Å². The molecule has 0 radical (unpaired) electrons. The monoisotopic (exact) mass is 281 g/mol. The number of nitrogens with one attached hydrogen (secondary N) is 1. The summed E-state index contributed by atoms with van der Waals surface area (Å²) < 4.78 is 5.18. The molecule has 21 heavy (non-hydrogen) atoms. The third-order valence-electron chi connectivity index (χ3n) is 4.41. The molecule has 2 aromatic rings. The quantitative estimate of drug-likeness (QED) is 0.893. The Morgan fingerprint density at radius 1 is 1.10 bits per heavy atom. The predicted octanol–water partition coefficient (Wildman–Crippen LogP) is 4.04. The van der Waals surface area contributed by atoms with Gasteiger partial charge in [-0.2, -0.15) is 0 Å². The lowest BCUT2D eigenvalue weighted by Gasteiger charge is -2.36. The second-order valence-corrected chi connectivity index (χ2v) is 6.01. The fourth-order valence-corrected chi connectivity index (χ4v) is 2.99. The van der Waals surface area contributed by atoms with Gasteiger partial charge in [0.15, 0.2) is 0 Å². The molecule has 0 amide bonds. The Morgan fingerprint density at radius 3 is 2.52 bits per heavy atom. The Bertz CT molecular complexity index is 585. The molecule has 2 aromatic carbocycles. The first kappa shape index (κ1) is 14.2. The summed E-state index contributed by atoms with van der Waals surface area (Å²) in [4.78, 5) is 0. The SMILES string of the molecule is COc1ccc(CNC2CC(c3cccc(C)c3)C2)cc1. The van der Waals surface area contributed by atoms with Gasteiger partial charge >= 0.3 is 0 Å². The van der Waals surface area contributed by atoms with Crippen LogP contribution in [0.5, 0.6) is 5.75 Å². The van der Waals surface area contributed by atoms with Gasteiger partial charge in [0.25, 0.3) is 0 Å². The normalized spacial score (nSPS) is 20.9. The molecule has 0 aromatic heterocycles. The van der Waals surface area contributed by atoms with Crippen LogP contribution in [-0.2, 0) is 6.54 Å². The van der Waals surface area contributed by atoms with Crippen LogP contribution in [0.25, 0.3) is 0 Å². The second kappa shape index (κ2) is 6.31. The lowest BCUT2D eigenvalue weighted by atomic mass is 9.75. The van der Waals surface area contributed by atoms with Crippen molar-refractivity contribution in [1.29, 1.82) is 0 Å². The van der Waals surface area contributed by atoms with E-state index in [9.17, 15) is 0 Å². The average Bonchev–Trinajstić information content (AvgIpc) is 2.46. The highest BCUT2D eigenvalue weighted by Crippen LogP contribution is 2.37. The summed E-state index contributed by atoms with van der Waals surface area (Å²) in [6.07, 6.45) is 2.50. The molecule has 0 atom stereocenters. The first-order valence-corrected chi connectivity index (χ1v) is 7.67. The van der Waals surface area contributed by atoms with Crippen molar-refractivity contribution in [2.75, 3.05) is 7.11 Å². The van der Waals surface area contributed by atoms with E-state index in [1.807, 2.05) is 12.1 Å². The van der Waals surface area contributed by atoms with Gasteiger partial charge in [-0.15, -0.1) is 0 Å². The van der Waals surface area contributed by atoms with Crippen LogP contribution in [0.3, 0.4) is 0 Å². The minimum Gasteiger partial charge on any atom is -0.497 e.